The fraction of sp³-hybridized carbons (Fsp3) is 0.500. The summed E-state index contributed by atoms with van der Waals surface area (Å²) in [5, 5.41) is 10.9. The standard InChI is InChI=1S/C12H16N2O3/c1-8-5-6-10(14(15)16)12(7-8)17-11-4-2-3-9(11)13/h5-7,9,11H,2-4,13H2,1H3. The molecule has 1 aliphatic carbocycles. The molecule has 1 aliphatic rings. The normalized spacial score (nSPS) is 23.6. The van der Waals surface area contributed by atoms with Gasteiger partial charge < -0.3 is 10.5 Å². The van der Waals surface area contributed by atoms with Crippen LogP contribution in [0, 0.1) is 17.0 Å². The van der Waals surface area contributed by atoms with Gasteiger partial charge in [0.15, 0.2) is 5.75 Å². The van der Waals surface area contributed by atoms with Gasteiger partial charge in [-0.2, -0.15) is 0 Å². The van der Waals surface area contributed by atoms with Crippen LogP contribution in [0.2, 0.25) is 0 Å². The molecular weight excluding hydrogens is 220 g/mol. The van der Waals surface area contributed by atoms with E-state index in [4.69, 9.17) is 10.5 Å². The minimum atomic E-state index is -0.421. The van der Waals surface area contributed by atoms with Crippen LogP contribution >= 0.6 is 0 Å². The number of ether oxygens (including phenoxy) is 1. The van der Waals surface area contributed by atoms with Crippen molar-refractivity contribution in [2.45, 2.75) is 38.3 Å². The Morgan fingerprint density at radius 1 is 1.47 bits per heavy atom. The summed E-state index contributed by atoms with van der Waals surface area (Å²) in [7, 11) is 0. The van der Waals surface area contributed by atoms with Gasteiger partial charge in [-0.15, -0.1) is 0 Å². The Morgan fingerprint density at radius 2 is 2.24 bits per heavy atom. The number of nitrogens with two attached hydrogens (primary N) is 1. The first-order chi connectivity index (χ1) is 8.08. The van der Waals surface area contributed by atoms with Crippen LogP contribution in [0.3, 0.4) is 0 Å². The van der Waals surface area contributed by atoms with E-state index in [-0.39, 0.29) is 17.8 Å². The summed E-state index contributed by atoms with van der Waals surface area (Å²) in [5.74, 6) is 0.331. The van der Waals surface area contributed by atoms with Gasteiger partial charge in [-0.1, -0.05) is 6.07 Å². The molecule has 0 amide bonds. The predicted molar refractivity (Wildman–Crippen MR) is 64.1 cm³/mol. The number of nitro benzene ring substituents is 1. The Labute approximate surface area is 99.7 Å². The topological polar surface area (TPSA) is 78.4 Å². The largest absolute Gasteiger partial charge is 0.482 e. The van der Waals surface area contributed by atoms with Crippen molar-refractivity contribution in [2.75, 3.05) is 0 Å². The van der Waals surface area contributed by atoms with Crippen molar-refractivity contribution in [3.63, 3.8) is 0 Å². The summed E-state index contributed by atoms with van der Waals surface area (Å²) in [6.45, 7) is 1.88. The van der Waals surface area contributed by atoms with Gasteiger partial charge in [0.25, 0.3) is 0 Å². The lowest BCUT2D eigenvalue weighted by molar-refractivity contribution is -0.386. The molecule has 2 N–H and O–H groups in total. The first-order valence-corrected chi connectivity index (χ1v) is 5.75. The van der Waals surface area contributed by atoms with Crippen LogP contribution in [0.15, 0.2) is 18.2 Å². The van der Waals surface area contributed by atoms with Crippen molar-refractivity contribution >= 4 is 5.69 Å². The zero-order valence-corrected chi connectivity index (χ0v) is 9.76. The predicted octanol–water partition coefficient (Wildman–Crippen LogP) is 2.16. The van der Waals surface area contributed by atoms with E-state index in [2.05, 4.69) is 0 Å². The summed E-state index contributed by atoms with van der Waals surface area (Å²) in [6.07, 6.45) is 2.71. The number of rotatable bonds is 3. The molecular formula is C12H16N2O3. The molecule has 0 saturated heterocycles. The average molecular weight is 236 g/mol. The fourth-order valence-corrected chi connectivity index (χ4v) is 2.13. The van der Waals surface area contributed by atoms with Gasteiger partial charge in [0.2, 0.25) is 0 Å². The second kappa shape index (κ2) is 4.71. The molecule has 1 aromatic rings. The minimum absolute atomic E-state index is 0.00898. The number of nitrogens with zero attached hydrogens (tertiary/aromatic N) is 1. The molecule has 1 fully saturated rings. The maximum Gasteiger partial charge on any atom is 0.310 e. The van der Waals surface area contributed by atoms with Crippen LogP contribution in [0.4, 0.5) is 5.69 Å². The van der Waals surface area contributed by atoms with Crippen molar-refractivity contribution in [1.29, 1.82) is 0 Å². The third-order valence-corrected chi connectivity index (χ3v) is 3.09. The van der Waals surface area contributed by atoms with Crippen LogP contribution in [0.25, 0.3) is 0 Å². The highest BCUT2D eigenvalue weighted by Gasteiger charge is 2.28. The average Bonchev–Trinajstić information content (AvgIpc) is 2.64. The molecule has 0 aromatic heterocycles. The highest BCUT2D eigenvalue weighted by atomic mass is 16.6. The quantitative estimate of drug-likeness (QED) is 0.644. The molecule has 0 aliphatic heterocycles. The van der Waals surface area contributed by atoms with E-state index < -0.39 is 4.92 Å². The molecule has 92 valence electrons. The van der Waals surface area contributed by atoms with E-state index in [1.807, 2.05) is 6.92 Å². The number of nitro groups is 1. The van der Waals surface area contributed by atoms with Gasteiger partial charge in [0.05, 0.1) is 4.92 Å². The zero-order chi connectivity index (χ0) is 12.4. The molecule has 2 unspecified atom stereocenters. The molecule has 5 heteroatoms. The van der Waals surface area contributed by atoms with E-state index >= 15 is 0 Å². The number of benzene rings is 1. The van der Waals surface area contributed by atoms with Crippen molar-refractivity contribution in [1.82, 2.24) is 0 Å². The van der Waals surface area contributed by atoms with Gasteiger partial charge in [0.1, 0.15) is 6.10 Å². The summed E-state index contributed by atoms with van der Waals surface area (Å²) in [5.41, 5.74) is 6.85. The summed E-state index contributed by atoms with van der Waals surface area (Å²) >= 11 is 0. The fourth-order valence-electron chi connectivity index (χ4n) is 2.13. The molecule has 0 bridgehead atoms. The summed E-state index contributed by atoms with van der Waals surface area (Å²) < 4.78 is 5.69. The molecule has 2 rings (SSSR count). The molecule has 1 saturated carbocycles. The van der Waals surface area contributed by atoms with Crippen molar-refractivity contribution in [3.8, 4) is 5.75 Å². The lowest BCUT2D eigenvalue weighted by Gasteiger charge is -2.17. The van der Waals surface area contributed by atoms with Crippen LogP contribution in [0.5, 0.6) is 5.75 Å². The first kappa shape index (κ1) is 11.9. The number of hydrogen-bond acceptors (Lipinski definition) is 4. The van der Waals surface area contributed by atoms with E-state index in [9.17, 15) is 10.1 Å². The van der Waals surface area contributed by atoms with Gasteiger partial charge in [-0.05, 0) is 37.8 Å². The summed E-state index contributed by atoms with van der Waals surface area (Å²) in [6, 6.07) is 4.86. The maximum atomic E-state index is 10.9. The Bertz CT molecular complexity index is 434. The Morgan fingerprint density at radius 3 is 2.82 bits per heavy atom. The molecule has 0 radical (unpaired) electrons. The highest BCUT2D eigenvalue weighted by molar-refractivity contribution is 5.48. The molecule has 0 heterocycles. The van der Waals surface area contributed by atoms with E-state index in [1.165, 1.54) is 6.07 Å². The van der Waals surface area contributed by atoms with Crippen molar-refractivity contribution in [2.24, 2.45) is 5.73 Å². The second-order valence-corrected chi connectivity index (χ2v) is 4.48. The molecule has 5 nitrogen and oxygen atoms in total. The molecule has 17 heavy (non-hydrogen) atoms. The van der Waals surface area contributed by atoms with Gasteiger partial charge in [0, 0.05) is 12.1 Å². The van der Waals surface area contributed by atoms with Crippen LogP contribution in [-0.2, 0) is 0 Å². The minimum Gasteiger partial charge on any atom is -0.482 e. The van der Waals surface area contributed by atoms with E-state index in [1.54, 1.807) is 12.1 Å². The third kappa shape index (κ3) is 2.55. The maximum absolute atomic E-state index is 10.9. The van der Waals surface area contributed by atoms with Crippen molar-refractivity contribution in [3.05, 3.63) is 33.9 Å². The zero-order valence-electron chi connectivity index (χ0n) is 9.76. The third-order valence-electron chi connectivity index (χ3n) is 3.09. The Kier molecular flexibility index (Phi) is 3.28. The lowest BCUT2D eigenvalue weighted by Crippen LogP contribution is -2.33. The van der Waals surface area contributed by atoms with Gasteiger partial charge in [-0.3, -0.25) is 10.1 Å². The Hall–Kier alpha value is -1.62. The smallest absolute Gasteiger partial charge is 0.310 e. The Balaban J connectivity index is 2.24. The lowest BCUT2D eigenvalue weighted by atomic mass is 10.2. The second-order valence-electron chi connectivity index (χ2n) is 4.48. The van der Waals surface area contributed by atoms with Crippen LogP contribution < -0.4 is 10.5 Å². The number of hydrogen-bond donors (Lipinski definition) is 1. The van der Waals surface area contributed by atoms with Crippen LogP contribution in [-0.4, -0.2) is 17.1 Å². The van der Waals surface area contributed by atoms with Gasteiger partial charge >= 0.3 is 5.69 Å². The molecule has 0 spiro atoms. The molecule has 2 atom stereocenters. The van der Waals surface area contributed by atoms with Crippen LogP contribution in [0.1, 0.15) is 24.8 Å². The van der Waals surface area contributed by atoms with Crippen molar-refractivity contribution < 1.29 is 9.66 Å². The summed E-state index contributed by atoms with van der Waals surface area (Å²) in [4.78, 5) is 10.5. The number of aryl methyl sites for hydroxylation is 1. The van der Waals surface area contributed by atoms with E-state index in [0.717, 1.165) is 24.8 Å². The van der Waals surface area contributed by atoms with Gasteiger partial charge in [-0.25, -0.2) is 0 Å². The first-order valence-electron chi connectivity index (χ1n) is 5.75. The molecule has 1 aromatic carbocycles. The van der Waals surface area contributed by atoms with E-state index in [0.29, 0.717) is 5.75 Å². The highest BCUT2D eigenvalue weighted by Crippen LogP contribution is 2.31. The SMILES string of the molecule is Cc1ccc([N+](=O)[O-])c(OC2CCCC2N)c1. The monoisotopic (exact) mass is 236 g/mol.